The molecule has 1 heterocycles. The maximum Gasteiger partial charge on any atom is 0.161 e. The molecule has 2 rings (SSSR count). The van der Waals surface area contributed by atoms with E-state index >= 15 is 0 Å². The van der Waals surface area contributed by atoms with Crippen molar-refractivity contribution in [3.05, 3.63) is 33.4 Å². The molecule has 72 valence electrons. The Hall–Kier alpha value is -0.640. The zero-order valence-electron chi connectivity index (χ0n) is 6.56. The van der Waals surface area contributed by atoms with Crippen molar-refractivity contribution in [2.45, 2.75) is 0 Å². The lowest BCUT2D eigenvalue weighted by Gasteiger charge is -2.03. The Morgan fingerprint density at radius 1 is 1.14 bits per heavy atom. The Morgan fingerprint density at radius 3 is 2.57 bits per heavy atom. The van der Waals surface area contributed by atoms with Crippen LogP contribution in [0.15, 0.2) is 12.4 Å². The molecule has 0 aliphatic heterocycles. The van der Waals surface area contributed by atoms with Crippen molar-refractivity contribution in [2.24, 2.45) is 0 Å². The molecule has 0 spiro atoms. The lowest BCUT2D eigenvalue weighted by Crippen LogP contribution is -1.88. The van der Waals surface area contributed by atoms with Crippen LogP contribution in [0.25, 0.3) is 10.9 Å². The summed E-state index contributed by atoms with van der Waals surface area (Å²) >= 11 is 17.0. The lowest BCUT2D eigenvalue weighted by molar-refractivity contribution is 0.630. The molecule has 0 atom stereocenters. The van der Waals surface area contributed by atoms with Gasteiger partial charge in [0.15, 0.2) is 5.82 Å². The molecule has 0 fully saturated rings. The first-order valence-corrected chi connectivity index (χ1v) is 4.68. The highest BCUT2D eigenvalue weighted by Crippen LogP contribution is 2.33. The molecule has 0 bridgehead atoms. The molecule has 0 saturated heterocycles. The minimum Gasteiger partial charge on any atom is -0.236 e. The van der Waals surface area contributed by atoms with Crippen LogP contribution in [0.2, 0.25) is 15.2 Å². The Kier molecular flexibility index (Phi) is 2.47. The highest BCUT2D eigenvalue weighted by atomic mass is 35.5. The topological polar surface area (TPSA) is 25.8 Å². The van der Waals surface area contributed by atoms with Gasteiger partial charge in [-0.1, -0.05) is 34.8 Å². The van der Waals surface area contributed by atoms with Gasteiger partial charge in [-0.05, 0) is 6.07 Å². The zero-order valence-corrected chi connectivity index (χ0v) is 8.83. The van der Waals surface area contributed by atoms with Gasteiger partial charge in [-0.25, -0.2) is 14.4 Å². The van der Waals surface area contributed by atoms with Crippen LogP contribution < -0.4 is 0 Å². The van der Waals surface area contributed by atoms with Crippen molar-refractivity contribution < 1.29 is 4.39 Å². The van der Waals surface area contributed by atoms with Gasteiger partial charge in [0, 0.05) is 0 Å². The first-order chi connectivity index (χ1) is 6.61. The monoisotopic (exact) mass is 250 g/mol. The lowest BCUT2D eigenvalue weighted by atomic mass is 10.2. The number of rotatable bonds is 0. The van der Waals surface area contributed by atoms with Gasteiger partial charge < -0.3 is 0 Å². The first kappa shape index (κ1) is 9.90. The van der Waals surface area contributed by atoms with E-state index in [1.54, 1.807) is 0 Å². The van der Waals surface area contributed by atoms with Gasteiger partial charge >= 0.3 is 0 Å². The molecule has 2 aromatic rings. The largest absolute Gasteiger partial charge is 0.236 e. The van der Waals surface area contributed by atoms with E-state index in [9.17, 15) is 4.39 Å². The van der Waals surface area contributed by atoms with Gasteiger partial charge in [-0.2, -0.15) is 0 Å². The van der Waals surface area contributed by atoms with E-state index < -0.39 is 5.82 Å². The summed E-state index contributed by atoms with van der Waals surface area (Å²) in [7, 11) is 0. The number of aromatic nitrogens is 2. The van der Waals surface area contributed by atoms with E-state index in [1.807, 2.05) is 0 Å². The summed E-state index contributed by atoms with van der Waals surface area (Å²) in [6.45, 7) is 0. The van der Waals surface area contributed by atoms with Crippen LogP contribution in [0.1, 0.15) is 0 Å². The second-order valence-corrected chi connectivity index (χ2v) is 3.69. The third-order valence-electron chi connectivity index (χ3n) is 1.72. The molecule has 6 heteroatoms. The molecule has 0 amide bonds. The Bertz CT molecular complexity index is 515. The van der Waals surface area contributed by atoms with Crippen LogP contribution in [0, 0.1) is 5.82 Å². The van der Waals surface area contributed by atoms with E-state index in [-0.39, 0.29) is 20.6 Å². The summed E-state index contributed by atoms with van der Waals surface area (Å²) in [4.78, 5) is 7.57. The molecule has 1 aromatic carbocycles. The van der Waals surface area contributed by atoms with Crippen molar-refractivity contribution in [1.29, 1.82) is 0 Å². The maximum atomic E-state index is 13.3. The summed E-state index contributed by atoms with van der Waals surface area (Å²) in [5, 5.41) is 0.142. The molecule has 14 heavy (non-hydrogen) atoms. The Morgan fingerprint density at radius 2 is 1.86 bits per heavy atom. The molecule has 0 saturated carbocycles. The summed E-state index contributed by atoms with van der Waals surface area (Å²) in [5.74, 6) is -0.711. The summed E-state index contributed by atoms with van der Waals surface area (Å²) in [6, 6.07) is 1.35. The predicted molar refractivity (Wildman–Crippen MR) is 54.5 cm³/mol. The van der Waals surface area contributed by atoms with E-state index in [0.29, 0.717) is 5.52 Å². The third kappa shape index (κ3) is 1.41. The maximum absolute atomic E-state index is 13.3. The van der Waals surface area contributed by atoms with E-state index in [4.69, 9.17) is 34.8 Å². The number of nitrogens with zero attached hydrogens (tertiary/aromatic N) is 2. The standard InChI is InChI=1S/C8H2Cl3FN2/c9-3-1-4-5(6(10)7(3)12)8(11)14-2-13-4/h1-2H. The molecule has 0 radical (unpaired) electrons. The second-order valence-electron chi connectivity index (χ2n) is 2.54. The van der Waals surface area contributed by atoms with Crippen LogP contribution >= 0.6 is 34.8 Å². The quantitative estimate of drug-likeness (QED) is 0.527. The van der Waals surface area contributed by atoms with Crippen molar-refractivity contribution in [1.82, 2.24) is 9.97 Å². The fraction of sp³-hybridized carbons (Fsp3) is 0. The van der Waals surface area contributed by atoms with Gasteiger partial charge in [0.25, 0.3) is 0 Å². The van der Waals surface area contributed by atoms with Crippen molar-refractivity contribution >= 4 is 45.7 Å². The van der Waals surface area contributed by atoms with Crippen LogP contribution in [-0.2, 0) is 0 Å². The Balaban J connectivity index is 2.99. The number of fused-ring (bicyclic) bond motifs is 1. The third-order valence-corrected chi connectivity index (χ3v) is 2.63. The smallest absolute Gasteiger partial charge is 0.161 e. The predicted octanol–water partition coefficient (Wildman–Crippen LogP) is 3.73. The van der Waals surface area contributed by atoms with E-state index in [2.05, 4.69) is 9.97 Å². The number of benzene rings is 1. The first-order valence-electron chi connectivity index (χ1n) is 3.55. The molecule has 0 unspecified atom stereocenters. The van der Waals surface area contributed by atoms with Crippen molar-refractivity contribution in [3.8, 4) is 0 Å². The van der Waals surface area contributed by atoms with Crippen LogP contribution in [-0.4, -0.2) is 9.97 Å². The Labute approximate surface area is 93.6 Å². The number of hydrogen-bond acceptors (Lipinski definition) is 2. The second kappa shape index (κ2) is 3.50. The van der Waals surface area contributed by atoms with E-state index in [1.165, 1.54) is 12.4 Å². The molecule has 0 aliphatic carbocycles. The highest BCUT2D eigenvalue weighted by Gasteiger charge is 2.14. The molecule has 2 nitrogen and oxygen atoms in total. The fourth-order valence-corrected chi connectivity index (χ4v) is 1.90. The zero-order chi connectivity index (χ0) is 10.3. The van der Waals surface area contributed by atoms with Crippen molar-refractivity contribution in [3.63, 3.8) is 0 Å². The van der Waals surface area contributed by atoms with Crippen LogP contribution in [0.5, 0.6) is 0 Å². The molecular weight excluding hydrogens is 249 g/mol. The number of hydrogen-bond donors (Lipinski definition) is 0. The molecule has 0 aliphatic rings. The highest BCUT2D eigenvalue weighted by molar-refractivity contribution is 6.43. The fourth-order valence-electron chi connectivity index (χ4n) is 1.09. The van der Waals surface area contributed by atoms with Gasteiger partial charge in [0.1, 0.15) is 11.5 Å². The molecule has 1 aromatic heterocycles. The van der Waals surface area contributed by atoms with Gasteiger partial charge in [0.05, 0.1) is 20.9 Å². The molecular formula is C8H2Cl3FN2. The van der Waals surface area contributed by atoms with Gasteiger partial charge in [-0.3, -0.25) is 0 Å². The summed E-state index contributed by atoms with van der Waals surface area (Å²) in [6.07, 6.45) is 1.26. The average molecular weight is 251 g/mol. The number of halogens is 4. The van der Waals surface area contributed by atoms with Gasteiger partial charge in [-0.15, -0.1) is 0 Å². The molecule has 0 N–H and O–H groups in total. The minimum absolute atomic E-state index is 0.0859. The van der Waals surface area contributed by atoms with Crippen LogP contribution in [0.3, 0.4) is 0 Å². The van der Waals surface area contributed by atoms with Gasteiger partial charge in [0.2, 0.25) is 0 Å². The van der Waals surface area contributed by atoms with E-state index in [0.717, 1.165) is 0 Å². The summed E-state index contributed by atoms with van der Waals surface area (Å²) in [5.41, 5.74) is 0.418. The van der Waals surface area contributed by atoms with Crippen molar-refractivity contribution in [2.75, 3.05) is 0 Å². The van der Waals surface area contributed by atoms with Crippen LogP contribution in [0.4, 0.5) is 4.39 Å². The average Bonchev–Trinajstić information content (AvgIpc) is 2.14. The normalized spacial score (nSPS) is 10.9. The SMILES string of the molecule is Fc1c(Cl)cc2ncnc(Cl)c2c1Cl. The minimum atomic E-state index is -0.711. The summed E-state index contributed by atoms with van der Waals surface area (Å²) < 4.78 is 13.3.